The number of alkyl halides is 5. The number of halogens is 9. The van der Waals surface area contributed by atoms with E-state index in [9.17, 15) is 36.3 Å². The SMILES string of the molecule is CO[C@H](C)C(=O)Cc1c(F)ccc(CC(=O)c2cc(NC(=O)[C@H]3[C@H](c4ccc(F)c(C(F)(F)F)c4)C3(Cl)Cl)ccc2Cl)c1F. The van der Waals surface area contributed by atoms with Crippen LogP contribution in [-0.4, -0.2) is 35.0 Å². The largest absolute Gasteiger partial charge is 0.419 e. The number of carbonyl (C=O) groups excluding carboxylic acids is 3. The summed E-state index contributed by atoms with van der Waals surface area (Å²) in [5.74, 6) is -7.97. The maximum absolute atomic E-state index is 15.2. The zero-order valence-corrected chi connectivity index (χ0v) is 25.1. The normalized spacial score (nSPS) is 18.1. The zero-order valence-electron chi connectivity index (χ0n) is 22.8. The van der Waals surface area contributed by atoms with Crippen molar-refractivity contribution in [3.63, 3.8) is 0 Å². The molecule has 3 aromatic rings. The van der Waals surface area contributed by atoms with Crippen molar-refractivity contribution >= 4 is 58.0 Å². The number of rotatable bonds is 10. The summed E-state index contributed by atoms with van der Waals surface area (Å²) >= 11 is 18.7. The van der Waals surface area contributed by atoms with E-state index in [0.717, 1.165) is 18.2 Å². The van der Waals surface area contributed by atoms with Crippen LogP contribution in [-0.2, 0) is 33.3 Å². The fraction of sp³-hybridized carbons (Fsp3) is 0.300. The molecule has 44 heavy (non-hydrogen) atoms. The molecule has 5 nitrogen and oxygen atoms in total. The number of methoxy groups -OCH3 is 1. The van der Waals surface area contributed by atoms with Gasteiger partial charge < -0.3 is 10.1 Å². The van der Waals surface area contributed by atoms with Crippen molar-refractivity contribution in [2.75, 3.05) is 12.4 Å². The molecule has 1 aliphatic rings. The summed E-state index contributed by atoms with van der Waals surface area (Å²) < 4.78 is 85.9. The first-order valence-corrected chi connectivity index (χ1v) is 14.0. The summed E-state index contributed by atoms with van der Waals surface area (Å²) in [6, 6.07) is 7.98. The molecule has 1 N–H and O–H groups in total. The lowest BCUT2D eigenvalue weighted by molar-refractivity contribution is -0.140. The lowest BCUT2D eigenvalue weighted by atomic mass is 9.97. The second kappa shape index (κ2) is 12.7. The van der Waals surface area contributed by atoms with Crippen LogP contribution in [0.5, 0.6) is 0 Å². The molecule has 4 rings (SSSR count). The molecule has 0 spiro atoms. The van der Waals surface area contributed by atoms with Crippen LogP contribution >= 0.6 is 34.8 Å². The number of ketones is 2. The summed E-state index contributed by atoms with van der Waals surface area (Å²) in [6.07, 6.45) is -7.07. The third-order valence-corrected chi connectivity index (χ3v) is 8.57. The number of anilines is 1. The van der Waals surface area contributed by atoms with Gasteiger partial charge in [-0.25, -0.2) is 13.2 Å². The first-order valence-electron chi connectivity index (χ1n) is 12.9. The molecule has 0 radical (unpaired) electrons. The molecule has 3 atom stereocenters. The Balaban J connectivity index is 1.52. The molecule has 0 aromatic heterocycles. The van der Waals surface area contributed by atoms with E-state index in [1.807, 2.05) is 0 Å². The Morgan fingerprint density at radius 2 is 1.64 bits per heavy atom. The van der Waals surface area contributed by atoms with Crippen molar-refractivity contribution in [2.24, 2.45) is 5.92 Å². The number of amides is 1. The molecular formula is C30H22Cl3F6NO4. The average Bonchev–Trinajstić information content (AvgIpc) is 3.54. The number of carbonyl (C=O) groups is 3. The van der Waals surface area contributed by atoms with Crippen LogP contribution in [0.15, 0.2) is 48.5 Å². The van der Waals surface area contributed by atoms with Gasteiger partial charge in [0.25, 0.3) is 0 Å². The number of hydrogen-bond donors (Lipinski definition) is 1. The first kappa shape index (κ1) is 33.8. The molecule has 3 aromatic carbocycles. The van der Waals surface area contributed by atoms with E-state index in [1.165, 1.54) is 32.2 Å². The average molecular weight is 681 g/mol. The molecule has 1 fully saturated rings. The predicted octanol–water partition coefficient (Wildman–Crippen LogP) is 7.87. The summed E-state index contributed by atoms with van der Waals surface area (Å²) in [7, 11) is 1.27. The topological polar surface area (TPSA) is 72.5 Å². The lowest BCUT2D eigenvalue weighted by Crippen LogP contribution is -2.22. The molecule has 1 amide bonds. The number of Topliss-reactive ketones (excluding diaryl/α,β-unsaturated/α-hetero) is 2. The van der Waals surface area contributed by atoms with Crippen molar-refractivity contribution in [3.8, 4) is 0 Å². The van der Waals surface area contributed by atoms with Crippen LogP contribution in [0.1, 0.15) is 45.5 Å². The third-order valence-electron chi connectivity index (χ3n) is 7.30. The van der Waals surface area contributed by atoms with Crippen molar-refractivity contribution in [1.29, 1.82) is 0 Å². The van der Waals surface area contributed by atoms with Gasteiger partial charge in [0.15, 0.2) is 11.6 Å². The monoisotopic (exact) mass is 679 g/mol. The van der Waals surface area contributed by atoms with Crippen LogP contribution in [0.3, 0.4) is 0 Å². The Bertz CT molecular complexity index is 1650. The highest BCUT2D eigenvalue weighted by atomic mass is 35.5. The van der Waals surface area contributed by atoms with Gasteiger partial charge in [-0.2, -0.15) is 13.2 Å². The van der Waals surface area contributed by atoms with Crippen LogP contribution in [0.2, 0.25) is 5.02 Å². The van der Waals surface area contributed by atoms with Gasteiger partial charge in [-0.3, -0.25) is 14.4 Å². The van der Waals surface area contributed by atoms with Crippen LogP contribution in [0.25, 0.3) is 0 Å². The molecular weight excluding hydrogens is 659 g/mol. The first-order chi connectivity index (χ1) is 20.5. The quantitative estimate of drug-likeness (QED) is 0.134. The minimum Gasteiger partial charge on any atom is -0.374 e. The van der Waals surface area contributed by atoms with Gasteiger partial charge in [0.2, 0.25) is 5.91 Å². The van der Waals surface area contributed by atoms with Crippen LogP contribution in [0.4, 0.5) is 32.0 Å². The van der Waals surface area contributed by atoms with E-state index in [2.05, 4.69) is 5.32 Å². The number of benzene rings is 3. The number of ether oxygens (including phenoxy) is 1. The highest BCUT2D eigenvalue weighted by Crippen LogP contribution is 2.65. The summed E-state index contributed by atoms with van der Waals surface area (Å²) in [5.41, 5.74) is -2.47. The second-order valence-corrected chi connectivity index (χ2v) is 12.0. The minimum atomic E-state index is -4.99. The van der Waals surface area contributed by atoms with Gasteiger partial charge in [-0.05, 0) is 54.4 Å². The third kappa shape index (κ3) is 6.91. The maximum Gasteiger partial charge on any atom is 0.419 e. The Morgan fingerprint density at radius 1 is 0.977 bits per heavy atom. The number of hydrogen-bond acceptors (Lipinski definition) is 4. The summed E-state index contributed by atoms with van der Waals surface area (Å²) in [6.45, 7) is 1.43. The second-order valence-electron chi connectivity index (χ2n) is 10.2. The van der Waals surface area contributed by atoms with Gasteiger partial charge >= 0.3 is 6.18 Å². The van der Waals surface area contributed by atoms with Gasteiger partial charge in [0, 0.05) is 42.7 Å². The standard InChI is InChI=1S/C30H22Cl3F6NO4/c1-13(44-2)23(41)12-18-21(34)7-4-15(27(18)36)10-24(42)17-11-16(5-6-20(17)31)40-28(43)26-25(29(26,32)33)14-3-8-22(35)19(9-14)30(37,38)39/h3-9,11,13,25-26H,10,12H2,1-2H3,(H,40,43)/t13-,25+,26-/m1/s1. The van der Waals surface area contributed by atoms with E-state index in [4.69, 9.17) is 39.5 Å². The summed E-state index contributed by atoms with van der Waals surface area (Å²) in [5, 5.41) is 2.42. The molecule has 0 bridgehead atoms. The summed E-state index contributed by atoms with van der Waals surface area (Å²) in [4.78, 5) is 38.3. The molecule has 0 heterocycles. The van der Waals surface area contributed by atoms with E-state index >= 15 is 4.39 Å². The molecule has 14 heteroatoms. The minimum absolute atomic E-state index is 0.0343. The van der Waals surface area contributed by atoms with E-state index in [-0.39, 0.29) is 27.4 Å². The molecule has 234 valence electrons. The van der Waals surface area contributed by atoms with Gasteiger partial charge in [-0.1, -0.05) is 23.7 Å². The molecule has 1 aliphatic carbocycles. The Labute approximate surface area is 262 Å². The molecule has 0 saturated heterocycles. The predicted molar refractivity (Wildman–Crippen MR) is 152 cm³/mol. The fourth-order valence-corrected chi connectivity index (χ4v) is 5.77. The van der Waals surface area contributed by atoms with Gasteiger partial charge in [0.05, 0.1) is 16.5 Å². The maximum atomic E-state index is 15.2. The smallest absolute Gasteiger partial charge is 0.374 e. The fourth-order valence-electron chi connectivity index (χ4n) is 4.72. The molecule has 0 aliphatic heterocycles. The number of nitrogens with one attached hydrogen (secondary N) is 1. The van der Waals surface area contributed by atoms with E-state index in [0.29, 0.717) is 12.1 Å². The van der Waals surface area contributed by atoms with Crippen molar-refractivity contribution < 1.29 is 45.5 Å². The highest BCUT2D eigenvalue weighted by Gasteiger charge is 2.67. The highest BCUT2D eigenvalue weighted by molar-refractivity contribution is 6.53. The Kier molecular flexibility index (Phi) is 9.75. The Hall–Kier alpha value is -3.12. The van der Waals surface area contributed by atoms with Crippen LogP contribution in [0, 0.1) is 23.4 Å². The molecule has 1 saturated carbocycles. The Morgan fingerprint density at radius 3 is 2.27 bits per heavy atom. The van der Waals surface area contributed by atoms with Gasteiger partial charge in [0.1, 0.15) is 27.9 Å². The zero-order chi connectivity index (χ0) is 32.7. The van der Waals surface area contributed by atoms with E-state index < -0.39 is 87.3 Å². The van der Waals surface area contributed by atoms with Crippen molar-refractivity contribution in [3.05, 3.63) is 98.8 Å². The van der Waals surface area contributed by atoms with Crippen molar-refractivity contribution in [2.45, 2.75) is 42.3 Å². The lowest BCUT2D eigenvalue weighted by Gasteiger charge is -2.13. The van der Waals surface area contributed by atoms with Crippen LogP contribution < -0.4 is 5.32 Å². The van der Waals surface area contributed by atoms with Gasteiger partial charge in [-0.15, -0.1) is 23.2 Å². The van der Waals surface area contributed by atoms with Crippen molar-refractivity contribution in [1.82, 2.24) is 0 Å². The molecule has 0 unspecified atom stereocenters. The van der Waals surface area contributed by atoms with E-state index in [1.54, 1.807) is 0 Å².